The number of amides is 13. The average Bonchev–Trinajstić information content (AvgIpc) is 1.62. The van der Waals surface area contributed by atoms with Gasteiger partial charge in [-0.2, -0.15) is 0 Å². The lowest BCUT2D eigenvalue weighted by Gasteiger charge is -2.40. The Morgan fingerprint density at radius 3 is 0.818 bits per heavy atom. The van der Waals surface area contributed by atoms with Crippen LogP contribution in [0.15, 0.2) is 91.0 Å². The van der Waals surface area contributed by atoms with Crippen molar-refractivity contribution in [1.29, 1.82) is 0 Å². The number of ether oxygens (including phenoxy) is 13. The molecule has 4 aromatic rings. The van der Waals surface area contributed by atoms with Crippen molar-refractivity contribution < 1.29 is 124 Å². The van der Waals surface area contributed by atoms with Crippen LogP contribution >= 0.6 is 0 Å². The van der Waals surface area contributed by atoms with Gasteiger partial charge in [0, 0.05) is 164 Å². The molecule has 4 aromatic carbocycles. The maximum Gasteiger partial charge on any atom is 0.261 e. The summed E-state index contributed by atoms with van der Waals surface area (Å²) >= 11 is 0. The highest BCUT2D eigenvalue weighted by Crippen LogP contribution is 2.36. The first-order chi connectivity index (χ1) is 58.1. The third kappa shape index (κ3) is 21.7. The van der Waals surface area contributed by atoms with Gasteiger partial charge in [0.05, 0.1) is 119 Å². The van der Waals surface area contributed by atoms with Gasteiger partial charge in [0.15, 0.2) is 0 Å². The number of hydrogen-bond donors (Lipinski definition) is 7. The van der Waals surface area contributed by atoms with Gasteiger partial charge in [-0.25, -0.2) is 0 Å². The number of likely N-dealkylation sites (N-methyl/N-ethyl adjacent to an activating group) is 1. The summed E-state index contributed by atoms with van der Waals surface area (Å²) in [6, 6.07) is 24.2. The molecule has 0 fully saturated rings. The summed E-state index contributed by atoms with van der Waals surface area (Å²) < 4.78 is 74.5. The van der Waals surface area contributed by atoms with E-state index in [9.17, 15) is 28.8 Å². The molecule has 662 valence electrons. The standard InChI is InChI=1S/C84H115N11O26/c1-92-32-30-57-56(34-92)22-20-29-64(57)121-33-21-31-85-71(102)78(35-86-72(103)79(44-109-2,45-110-3)38-89-75(106)82(50-115-8,51-116-9)41-93-65(96)58-23-14-15-24-59(58)66(93)97,36-87-73(104)80(46-111-4,47-112-5)39-90-76(107)83(52-117-10,53-118-11)42-94-67(98)60-25-16-17-26-61(60)68(94)99)37-88-74(105)81(48-113-6,49-114-7)40-91-77(108)84(54-119-12,55-120-13)43-95-69(100)62-27-18-19-28-63(62)70(95)101/h14-20,22-29H,21,30-55H2,1-13H3,(H,85,102)(H,86,103)(H,87,104)(H,88,105)(H,89,106)(H,90,107)(H,91,108). The Balaban J connectivity index is 1.20. The lowest BCUT2D eigenvalue weighted by Crippen LogP contribution is -2.65. The molecular formula is C84H115N11O26. The molecular weight excluding hydrogens is 1580 g/mol. The van der Waals surface area contributed by atoms with Crippen molar-refractivity contribution in [3.63, 3.8) is 0 Å². The van der Waals surface area contributed by atoms with E-state index in [4.69, 9.17) is 61.6 Å². The summed E-state index contributed by atoms with van der Waals surface area (Å²) in [6.07, 6.45) is 0.860. The number of rotatable bonds is 54. The van der Waals surface area contributed by atoms with E-state index in [1.165, 1.54) is 122 Å². The zero-order chi connectivity index (χ0) is 88.4. The maximum absolute atomic E-state index is 16.2. The minimum absolute atomic E-state index is 0.0631. The Bertz CT molecular complexity index is 3850. The Labute approximate surface area is 703 Å². The van der Waals surface area contributed by atoms with Crippen LogP contribution in [0, 0.1) is 37.9 Å². The number of methoxy groups -OCH3 is 12. The molecule has 4 heterocycles. The zero-order valence-electron chi connectivity index (χ0n) is 71.2. The summed E-state index contributed by atoms with van der Waals surface area (Å²) in [4.78, 5) is 198. The fraction of sp³-hybridized carbons (Fsp3) is 0.560. The summed E-state index contributed by atoms with van der Waals surface area (Å²) in [6.45, 7) is -10.3. The number of hydrogen-bond acceptors (Lipinski definition) is 27. The van der Waals surface area contributed by atoms with Crippen molar-refractivity contribution in [3.8, 4) is 5.75 Å². The van der Waals surface area contributed by atoms with E-state index < -0.39 is 253 Å². The highest BCUT2D eigenvalue weighted by atomic mass is 16.5. The average molecular weight is 1690 g/mol. The van der Waals surface area contributed by atoms with Gasteiger partial charge >= 0.3 is 0 Å². The van der Waals surface area contributed by atoms with E-state index in [1.807, 2.05) is 25.2 Å². The van der Waals surface area contributed by atoms with Gasteiger partial charge in [0.2, 0.25) is 41.4 Å². The molecule has 0 saturated heterocycles. The number of fused-ring (bicyclic) bond motifs is 4. The zero-order valence-corrected chi connectivity index (χ0v) is 71.2. The second-order valence-corrected chi connectivity index (χ2v) is 31.3. The predicted octanol–water partition coefficient (Wildman–Crippen LogP) is -0.193. The molecule has 121 heavy (non-hydrogen) atoms. The Morgan fingerprint density at radius 1 is 0.314 bits per heavy atom. The van der Waals surface area contributed by atoms with Gasteiger partial charge in [0.1, 0.15) is 43.7 Å². The van der Waals surface area contributed by atoms with Crippen LogP contribution in [0.25, 0.3) is 0 Å². The molecule has 7 N–H and O–H groups in total. The van der Waals surface area contributed by atoms with Crippen molar-refractivity contribution >= 4 is 76.8 Å². The van der Waals surface area contributed by atoms with E-state index in [1.54, 1.807) is 36.4 Å². The highest BCUT2D eigenvalue weighted by Gasteiger charge is 2.54. The summed E-state index contributed by atoms with van der Waals surface area (Å²) in [5, 5.41) is 20.1. The summed E-state index contributed by atoms with van der Waals surface area (Å²) in [5.74, 6) is -9.80. The monoisotopic (exact) mass is 1690 g/mol. The van der Waals surface area contributed by atoms with Crippen molar-refractivity contribution in [2.45, 2.75) is 19.4 Å². The van der Waals surface area contributed by atoms with E-state index in [0.29, 0.717) is 18.7 Å². The molecule has 0 saturated carbocycles. The van der Waals surface area contributed by atoms with E-state index in [2.05, 4.69) is 42.1 Å². The largest absolute Gasteiger partial charge is 0.493 e. The number of nitrogens with one attached hydrogen (secondary N) is 7. The molecule has 0 spiro atoms. The van der Waals surface area contributed by atoms with Crippen LogP contribution in [-0.2, 0) is 103 Å². The Kier molecular flexibility index (Phi) is 35.1. The number of carbonyl (C=O) groups is 13. The summed E-state index contributed by atoms with van der Waals surface area (Å²) in [5.41, 5.74) is -11.0. The van der Waals surface area contributed by atoms with Crippen molar-refractivity contribution in [2.75, 3.05) is 250 Å². The minimum atomic E-state index is -2.32. The van der Waals surface area contributed by atoms with Gasteiger partial charge in [-0.05, 0) is 73.5 Å². The smallest absolute Gasteiger partial charge is 0.261 e. The normalized spacial score (nSPS) is 14.5. The van der Waals surface area contributed by atoms with Crippen LogP contribution < -0.4 is 42.0 Å². The fourth-order valence-electron chi connectivity index (χ4n) is 16.0. The molecule has 0 aromatic heterocycles. The van der Waals surface area contributed by atoms with E-state index in [-0.39, 0.29) is 53.0 Å². The van der Waals surface area contributed by atoms with Crippen LogP contribution in [0.2, 0.25) is 0 Å². The van der Waals surface area contributed by atoms with Crippen LogP contribution in [0.1, 0.15) is 79.7 Å². The number of benzene rings is 4. The SMILES string of the molecule is COCC(CNC(=O)C(COC)(COC)CN1C(=O)c2ccccc2C1=O)(COC)C(=O)NCC(CNC(=O)C(CNC(=O)C(COC)(COC)CN1C(=O)c2ccccc2C1=O)(COC)COC)(CNC(=O)C(CNC(=O)C(COC)(COC)CN1C(=O)c2ccccc2C1=O)(COC)COC)C(=O)NCCCOc1cccc2c1CCN(C)C2. The fourth-order valence-corrected chi connectivity index (χ4v) is 16.0. The molecule has 4 aliphatic heterocycles. The van der Waals surface area contributed by atoms with Crippen molar-refractivity contribution in [1.82, 2.24) is 56.8 Å². The summed E-state index contributed by atoms with van der Waals surface area (Å²) in [7, 11) is 17.5. The molecule has 37 heteroatoms. The number of carbonyl (C=O) groups excluding carboxylic acids is 13. The lowest BCUT2D eigenvalue weighted by molar-refractivity contribution is -0.144. The van der Waals surface area contributed by atoms with Gasteiger partial charge in [-0.3, -0.25) is 77.0 Å². The molecule has 4 aliphatic rings. The molecule has 0 radical (unpaired) electrons. The minimum Gasteiger partial charge on any atom is -0.493 e. The molecule has 8 rings (SSSR count). The predicted molar refractivity (Wildman–Crippen MR) is 433 cm³/mol. The van der Waals surface area contributed by atoms with Crippen LogP contribution in [0.4, 0.5) is 0 Å². The van der Waals surface area contributed by atoms with Crippen LogP contribution in [-0.4, -0.2) is 347 Å². The molecule has 13 amide bonds. The maximum atomic E-state index is 16.2. The number of nitrogens with zero attached hydrogens (tertiary/aromatic N) is 4. The van der Waals surface area contributed by atoms with Gasteiger partial charge in [0.25, 0.3) is 35.4 Å². The number of imide groups is 3. The third-order valence-corrected chi connectivity index (χ3v) is 22.2. The Hall–Kier alpha value is -10.1. The quantitative estimate of drug-likeness (QED) is 0.0222. The first kappa shape index (κ1) is 96.3. The third-order valence-electron chi connectivity index (χ3n) is 22.2. The first-order valence-corrected chi connectivity index (χ1v) is 39.2. The second kappa shape index (κ2) is 44.1. The molecule has 0 bridgehead atoms. The van der Waals surface area contributed by atoms with Crippen molar-refractivity contribution in [2.24, 2.45) is 37.9 Å². The first-order valence-electron chi connectivity index (χ1n) is 39.2. The van der Waals surface area contributed by atoms with Crippen LogP contribution in [0.5, 0.6) is 5.75 Å². The second-order valence-electron chi connectivity index (χ2n) is 31.3. The molecule has 37 nitrogen and oxygen atoms in total. The van der Waals surface area contributed by atoms with E-state index in [0.717, 1.165) is 32.4 Å². The molecule has 0 atom stereocenters. The van der Waals surface area contributed by atoms with Crippen LogP contribution in [0.3, 0.4) is 0 Å². The Morgan fingerprint density at radius 2 is 0.554 bits per heavy atom. The topological polar surface area (TPSA) is 439 Å². The molecule has 0 aliphatic carbocycles. The van der Waals surface area contributed by atoms with Gasteiger partial charge in [-0.1, -0.05) is 48.5 Å². The van der Waals surface area contributed by atoms with E-state index >= 15 is 33.6 Å². The lowest BCUT2D eigenvalue weighted by atomic mass is 9.81. The highest BCUT2D eigenvalue weighted by molar-refractivity contribution is 6.23. The van der Waals surface area contributed by atoms with Gasteiger partial charge in [-0.15, -0.1) is 0 Å². The van der Waals surface area contributed by atoms with Gasteiger partial charge < -0.3 is 104 Å². The molecule has 0 unspecified atom stereocenters. The van der Waals surface area contributed by atoms with Crippen molar-refractivity contribution in [3.05, 3.63) is 136 Å².